The highest BCUT2D eigenvalue weighted by Gasteiger charge is 2.08. The van der Waals surface area contributed by atoms with Gasteiger partial charge in [0, 0.05) is 42.8 Å². The Labute approximate surface area is 135 Å². The Kier molecular flexibility index (Phi) is 5.64. The highest BCUT2D eigenvalue weighted by atomic mass is 32.2. The van der Waals surface area contributed by atoms with Crippen molar-refractivity contribution in [2.45, 2.75) is 13.3 Å². The summed E-state index contributed by atoms with van der Waals surface area (Å²) >= 11 is 0. The summed E-state index contributed by atoms with van der Waals surface area (Å²) in [6, 6.07) is 6.27. The van der Waals surface area contributed by atoms with Crippen LogP contribution in [0.2, 0.25) is 0 Å². The summed E-state index contributed by atoms with van der Waals surface area (Å²) in [6.45, 7) is 2.00. The molecule has 2 N–H and O–H groups in total. The number of carbonyl (C=O) groups excluding carboxylic acids is 1. The number of aromatic nitrogens is 2. The molecule has 2 aromatic rings. The summed E-state index contributed by atoms with van der Waals surface area (Å²) in [5.41, 5.74) is 1.70. The first-order chi connectivity index (χ1) is 11.0. The SMILES string of the molecule is CCS(=O)(=O)Nc1ccc(C(=O)NCCc2cnccn2)cc1. The van der Waals surface area contributed by atoms with Gasteiger partial charge in [-0.1, -0.05) is 0 Å². The van der Waals surface area contributed by atoms with E-state index in [1.165, 1.54) is 0 Å². The number of rotatable bonds is 7. The average Bonchev–Trinajstić information content (AvgIpc) is 2.56. The molecule has 23 heavy (non-hydrogen) atoms. The van der Waals surface area contributed by atoms with Gasteiger partial charge in [0.25, 0.3) is 5.91 Å². The van der Waals surface area contributed by atoms with Gasteiger partial charge in [0.1, 0.15) is 0 Å². The van der Waals surface area contributed by atoms with E-state index in [9.17, 15) is 13.2 Å². The Bertz CT molecular complexity index is 746. The van der Waals surface area contributed by atoms with Crippen LogP contribution >= 0.6 is 0 Å². The summed E-state index contributed by atoms with van der Waals surface area (Å²) in [6.07, 6.45) is 5.44. The fraction of sp³-hybridized carbons (Fsp3) is 0.267. The molecule has 0 radical (unpaired) electrons. The smallest absolute Gasteiger partial charge is 0.251 e. The van der Waals surface area contributed by atoms with E-state index >= 15 is 0 Å². The fourth-order valence-corrected chi connectivity index (χ4v) is 2.45. The molecule has 0 aliphatic carbocycles. The molecule has 1 heterocycles. The van der Waals surface area contributed by atoms with Gasteiger partial charge in [-0.05, 0) is 31.2 Å². The van der Waals surface area contributed by atoms with Gasteiger partial charge in [0.05, 0.1) is 11.4 Å². The number of sulfonamides is 1. The van der Waals surface area contributed by atoms with Crippen LogP contribution in [0.1, 0.15) is 23.0 Å². The number of nitrogens with zero attached hydrogens (tertiary/aromatic N) is 2. The lowest BCUT2D eigenvalue weighted by atomic mass is 10.2. The molecule has 0 aliphatic heterocycles. The van der Waals surface area contributed by atoms with Crippen LogP contribution < -0.4 is 10.0 Å². The lowest BCUT2D eigenvalue weighted by Crippen LogP contribution is -2.25. The van der Waals surface area contributed by atoms with E-state index in [-0.39, 0.29) is 11.7 Å². The zero-order valence-corrected chi connectivity index (χ0v) is 13.5. The molecule has 7 nitrogen and oxygen atoms in total. The van der Waals surface area contributed by atoms with Crippen molar-refractivity contribution < 1.29 is 13.2 Å². The first kappa shape index (κ1) is 16.9. The number of anilines is 1. The van der Waals surface area contributed by atoms with E-state index in [2.05, 4.69) is 20.0 Å². The van der Waals surface area contributed by atoms with Crippen molar-refractivity contribution in [1.29, 1.82) is 0 Å². The largest absolute Gasteiger partial charge is 0.352 e. The zero-order valence-electron chi connectivity index (χ0n) is 12.7. The quantitative estimate of drug-likeness (QED) is 0.792. The van der Waals surface area contributed by atoms with Crippen LogP contribution in [-0.2, 0) is 16.4 Å². The van der Waals surface area contributed by atoms with Crippen molar-refractivity contribution in [2.24, 2.45) is 0 Å². The monoisotopic (exact) mass is 334 g/mol. The molecular weight excluding hydrogens is 316 g/mol. The highest BCUT2D eigenvalue weighted by Crippen LogP contribution is 2.11. The number of amides is 1. The molecule has 2 rings (SSSR count). The van der Waals surface area contributed by atoms with Crippen molar-refractivity contribution in [3.8, 4) is 0 Å². The summed E-state index contributed by atoms with van der Waals surface area (Å²) < 4.78 is 25.3. The van der Waals surface area contributed by atoms with Crippen molar-refractivity contribution >= 4 is 21.6 Å². The van der Waals surface area contributed by atoms with Crippen LogP contribution in [-0.4, -0.2) is 36.6 Å². The highest BCUT2D eigenvalue weighted by molar-refractivity contribution is 7.92. The molecule has 0 bridgehead atoms. The third-order valence-electron chi connectivity index (χ3n) is 3.08. The van der Waals surface area contributed by atoms with Gasteiger partial charge < -0.3 is 5.32 Å². The fourth-order valence-electron chi connectivity index (χ4n) is 1.81. The second kappa shape index (κ2) is 7.68. The first-order valence-corrected chi connectivity index (χ1v) is 8.79. The molecule has 0 saturated heterocycles. The van der Waals surface area contributed by atoms with Gasteiger partial charge in [-0.25, -0.2) is 8.42 Å². The van der Waals surface area contributed by atoms with Crippen molar-refractivity contribution in [3.05, 3.63) is 54.1 Å². The minimum Gasteiger partial charge on any atom is -0.352 e. The second-order valence-electron chi connectivity index (χ2n) is 4.79. The van der Waals surface area contributed by atoms with E-state index in [0.717, 1.165) is 5.69 Å². The molecule has 8 heteroatoms. The Hall–Kier alpha value is -2.48. The lowest BCUT2D eigenvalue weighted by Gasteiger charge is -2.08. The minimum atomic E-state index is -3.31. The van der Waals surface area contributed by atoms with Crippen LogP contribution in [0.25, 0.3) is 0 Å². The Morgan fingerprint density at radius 3 is 2.52 bits per heavy atom. The topological polar surface area (TPSA) is 101 Å². The second-order valence-corrected chi connectivity index (χ2v) is 6.80. The van der Waals surface area contributed by atoms with Crippen LogP contribution in [0.4, 0.5) is 5.69 Å². The molecule has 0 aliphatic rings. The average molecular weight is 334 g/mol. The van der Waals surface area contributed by atoms with E-state index in [1.54, 1.807) is 49.8 Å². The van der Waals surface area contributed by atoms with Gasteiger partial charge in [-0.3, -0.25) is 19.5 Å². The van der Waals surface area contributed by atoms with Gasteiger partial charge in [0.2, 0.25) is 10.0 Å². The number of carbonyl (C=O) groups is 1. The number of hydrogen-bond donors (Lipinski definition) is 2. The molecule has 0 fully saturated rings. The van der Waals surface area contributed by atoms with Crippen molar-refractivity contribution in [2.75, 3.05) is 17.0 Å². The lowest BCUT2D eigenvalue weighted by molar-refractivity contribution is 0.0954. The normalized spacial score (nSPS) is 11.0. The molecule has 1 aromatic heterocycles. The zero-order chi connectivity index (χ0) is 16.7. The molecule has 1 aromatic carbocycles. The maximum atomic E-state index is 12.0. The van der Waals surface area contributed by atoms with E-state index < -0.39 is 10.0 Å². The van der Waals surface area contributed by atoms with Gasteiger partial charge in [0.15, 0.2) is 0 Å². The molecule has 122 valence electrons. The van der Waals surface area contributed by atoms with E-state index in [4.69, 9.17) is 0 Å². The molecule has 1 amide bonds. The van der Waals surface area contributed by atoms with Crippen molar-refractivity contribution in [1.82, 2.24) is 15.3 Å². The summed E-state index contributed by atoms with van der Waals surface area (Å²) in [5, 5.41) is 2.78. The molecular formula is C15H18N4O3S. The van der Waals surface area contributed by atoms with E-state index in [1.807, 2.05) is 0 Å². The Balaban J connectivity index is 1.88. The summed E-state index contributed by atoms with van der Waals surface area (Å²) in [4.78, 5) is 20.1. The third-order valence-corrected chi connectivity index (χ3v) is 4.39. The number of hydrogen-bond acceptors (Lipinski definition) is 5. The Morgan fingerprint density at radius 2 is 1.91 bits per heavy atom. The Morgan fingerprint density at radius 1 is 1.17 bits per heavy atom. The molecule has 0 unspecified atom stereocenters. The third kappa shape index (κ3) is 5.33. The number of nitrogens with one attached hydrogen (secondary N) is 2. The summed E-state index contributed by atoms with van der Waals surface area (Å²) in [7, 11) is -3.31. The minimum absolute atomic E-state index is 0.00236. The maximum absolute atomic E-state index is 12.0. The predicted octanol–water partition coefficient (Wildman–Crippen LogP) is 1.21. The van der Waals surface area contributed by atoms with Gasteiger partial charge in [-0.2, -0.15) is 0 Å². The molecule has 0 spiro atoms. The van der Waals surface area contributed by atoms with Gasteiger partial charge >= 0.3 is 0 Å². The molecule has 0 atom stereocenters. The summed E-state index contributed by atoms with van der Waals surface area (Å²) in [5.74, 6) is -0.226. The predicted molar refractivity (Wildman–Crippen MR) is 87.6 cm³/mol. The van der Waals surface area contributed by atoms with Gasteiger partial charge in [-0.15, -0.1) is 0 Å². The standard InChI is InChI=1S/C15H18N4O3S/c1-2-23(21,22)19-13-5-3-12(4-6-13)15(20)18-8-7-14-11-16-9-10-17-14/h3-6,9-11,19H,2,7-8H2,1H3,(H,18,20). The first-order valence-electron chi connectivity index (χ1n) is 7.14. The van der Waals surface area contributed by atoms with Crippen LogP contribution in [0, 0.1) is 0 Å². The molecule has 0 saturated carbocycles. The maximum Gasteiger partial charge on any atom is 0.251 e. The van der Waals surface area contributed by atoms with Crippen LogP contribution in [0.15, 0.2) is 42.9 Å². The van der Waals surface area contributed by atoms with Crippen molar-refractivity contribution in [3.63, 3.8) is 0 Å². The van der Waals surface area contributed by atoms with Crippen LogP contribution in [0.5, 0.6) is 0 Å². The number of benzene rings is 1. The van der Waals surface area contributed by atoms with Crippen LogP contribution in [0.3, 0.4) is 0 Å². The van der Waals surface area contributed by atoms with E-state index in [0.29, 0.717) is 24.2 Å².